The van der Waals surface area contributed by atoms with Gasteiger partial charge < -0.3 is 15.3 Å². The molecule has 96 valence electrons. The Morgan fingerprint density at radius 3 is 2.76 bits per heavy atom. The molecule has 17 heavy (non-hydrogen) atoms. The zero-order chi connectivity index (χ0) is 12.8. The molecule has 0 aliphatic carbocycles. The first kappa shape index (κ1) is 13.5. The molecule has 2 amide bonds. The number of nitrogens with one attached hydrogen (secondary N) is 1. The van der Waals surface area contributed by atoms with Crippen LogP contribution in [0.4, 0.5) is 0 Å². The molecule has 0 aromatic rings. The molecule has 0 bridgehead atoms. The molecule has 1 saturated heterocycles. The number of hydrogen-bond acceptors (Lipinski definition) is 3. The van der Waals surface area contributed by atoms with E-state index in [4.69, 9.17) is 5.11 Å². The number of nitrogens with zero attached hydrogens (tertiary/aromatic N) is 1. The van der Waals surface area contributed by atoms with Crippen LogP contribution in [0.3, 0.4) is 0 Å². The van der Waals surface area contributed by atoms with Gasteiger partial charge in [-0.2, -0.15) is 0 Å². The van der Waals surface area contributed by atoms with Crippen molar-refractivity contribution in [2.45, 2.75) is 38.6 Å². The maximum atomic E-state index is 11.6. The SMILES string of the molecule is CC(NC(=O)CN1CCCCCC1=O)C(=O)O. The Kier molecular flexibility index (Phi) is 4.93. The van der Waals surface area contributed by atoms with Gasteiger partial charge in [0.15, 0.2) is 0 Å². The van der Waals surface area contributed by atoms with Gasteiger partial charge in [0, 0.05) is 13.0 Å². The van der Waals surface area contributed by atoms with Crippen LogP contribution >= 0.6 is 0 Å². The van der Waals surface area contributed by atoms with Crippen molar-refractivity contribution in [2.24, 2.45) is 0 Å². The third-order valence-electron chi connectivity index (χ3n) is 2.75. The lowest BCUT2D eigenvalue weighted by Gasteiger charge is -2.20. The molecule has 0 spiro atoms. The van der Waals surface area contributed by atoms with E-state index in [0.29, 0.717) is 13.0 Å². The van der Waals surface area contributed by atoms with E-state index in [1.165, 1.54) is 11.8 Å². The first-order chi connectivity index (χ1) is 8.00. The summed E-state index contributed by atoms with van der Waals surface area (Å²) in [6.07, 6.45) is 3.23. The molecule has 1 atom stereocenters. The van der Waals surface area contributed by atoms with E-state index in [1.54, 1.807) is 0 Å². The molecule has 0 aromatic carbocycles. The number of carboxylic acid groups (broad SMARTS) is 1. The van der Waals surface area contributed by atoms with E-state index in [-0.39, 0.29) is 12.5 Å². The third-order valence-corrected chi connectivity index (χ3v) is 2.75. The van der Waals surface area contributed by atoms with Crippen LogP contribution in [-0.4, -0.2) is 46.9 Å². The number of hydrogen-bond donors (Lipinski definition) is 2. The second kappa shape index (κ2) is 6.22. The zero-order valence-corrected chi connectivity index (χ0v) is 9.94. The van der Waals surface area contributed by atoms with E-state index in [0.717, 1.165) is 19.3 Å². The van der Waals surface area contributed by atoms with E-state index in [9.17, 15) is 14.4 Å². The van der Waals surface area contributed by atoms with E-state index < -0.39 is 17.9 Å². The van der Waals surface area contributed by atoms with Crippen molar-refractivity contribution in [3.8, 4) is 0 Å². The van der Waals surface area contributed by atoms with Gasteiger partial charge in [0.2, 0.25) is 11.8 Å². The molecule has 1 unspecified atom stereocenters. The number of likely N-dealkylation sites (tertiary alicyclic amines) is 1. The van der Waals surface area contributed by atoms with Crippen LogP contribution in [0.1, 0.15) is 32.6 Å². The Balaban J connectivity index is 2.43. The molecular weight excluding hydrogens is 224 g/mol. The molecule has 6 heteroatoms. The second-order valence-electron chi connectivity index (χ2n) is 4.25. The van der Waals surface area contributed by atoms with Gasteiger partial charge in [-0.05, 0) is 19.8 Å². The van der Waals surface area contributed by atoms with Crippen LogP contribution in [0.15, 0.2) is 0 Å². The van der Waals surface area contributed by atoms with Gasteiger partial charge in [-0.25, -0.2) is 0 Å². The predicted octanol–water partition coefficient (Wildman–Crippen LogP) is -0.0217. The third kappa shape index (κ3) is 4.42. The standard InChI is InChI=1S/C11H18N2O4/c1-8(11(16)17)12-9(14)7-13-6-4-2-3-5-10(13)15/h8H,2-7H2,1H3,(H,12,14)(H,16,17). The smallest absolute Gasteiger partial charge is 0.325 e. The first-order valence-corrected chi connectivity index (χ1v) is 5.80. The lowest BCUT2D eigenvalue weighted by atomic mass is 10.2. The normalized spacial score (nSPS) is 18.4. The molecule has 2 N–H and O–H groups in total. The van der Waals surface area contributed by atoms with Gasteiger partial charge in [-0.15, -0.1) is 0 Å². The predicted molar refractivity (Wildman–Crippen MR) is 60.3 cm³/mol. The molecule has 6 nitrogen and oxygen atoms in total. The highest BCUT2D eigenvalue weighted by atomic mass is 16.4. The fraction of sp³-hybridized carbons (Fsp3) is 0.727. The maximum Gasteiger partial charge on any atom is 0.325 e. The zero-order valence-electron chi connectivity index (χ0n) is 9.94. The summed E-state index contributed by atoms with van der Waals surface area (Å²) in [6, 6.07) is -0.926. The fourth-order valence-corrected chi connectivity index (χ4v) is 1.73. The quantitative estimate of drug-likeness (QED) is 0.725. The summed E-state index contributed by atoms with van der Waals surface area (Å²) in [5, 5.41) is 11.0. The minimum atomic E-state index is -1.08. The van der Waals surface area contributed by atoms with Crippen molar-refractivity contribution in [3.63, 3.8) is 0 Å². The number of rotatable bonds is 4. The van der Waals surface area contributed by atoms with Crippen molar-refractivity contribution in [3.05, 3.63) is 0 Å². The lowest BCUT2D eigenvalue weighted by molar-refractivity contribution is -0.142. The van der Waals surface area contributed by atoms with Crippen molar-refractivity contribution in [1.82, 2.24) is 10.2 Å². The van der Waals surface area contributed by atoms with Crippen LogP contribution < -0.4 is 5.32 Å². The fourth-order valence-electron chi connectivity index (χ4n) is 1.73. The Bertz CT molecular complexity index is 317. The summed E-state index contributed by atoms with van der Waals surface area (Å²) >= 11 is 0. The second-order valence-corrected chi connectivity index (χ2v) is 4.25. The van der Waals surface area contributed by atoms with Crippen LogP contribution in [0.25, 0.3) is 0 Å². The Hall–Kier alpha value is -1.59. The van der Waals surface area contributed by atoms with Crippen LogP contribution in [0.5, 0.6) is 0 Å². The molecular formula is C11H18N2O4. The summed E-state index contributed by atoms with van der Waals surface area (Å²) in [6.45, 7) is 1.93. The van der Waals surface area contributed by atoms with Crippen LogP contribution in [0.2, 0.25) is 0 Å². The van der Waals surface area contributed by atoms with Crippen molar-refractivity contribution in [2.75, 3.05) is 13.1 Å². The summed E-state index contributed by atoms with van der Waals surface area (Å²) in [4.78, 5) is 35.2. The topological polar surface area (TPSA) is 86.7 Å². The minimum absolute atomic E-state index is 0.0272. The molecule has 1 fully saturated rings. The minimum Gasteiger partial charge on any atom is -0.480 e. The van der Waals surface area contributed by atoms with E-state index in [2.05, 4.69) is 5.32 Å². The van der Waals surface area contributed by atoms with Gasteiger partial charge in [-0.1, -0.05) is 6.42 Å². The molecule has 0 radical (unpaired) electrons. The summed E-state index contributed by atoms with van der Waals surface area (Å²) in [7, 11) is 0. The molecule has 1 aliphatic rings. The highest BCUT2D eigenvalue weighted by Gasteiger charge is 2.21. The lowest BCUT2D eigenvalue weighted by Crippen LogP contribution is -2.45. The highest BCUT2D eigenvalue weighted by Crippen LogP contribution is 2.10. The largest absolute Gasteiger partial charge is 0.480 e. The number of aliphatic carboxylic acids is 1. The number of carboxylic acids is 1. The van der Waals surface area contributed by atoms with Gasteiger partial charge in [-0.3, -0.25) is 14.4 Å². The Morgan fingerprint density at radius 2 is 2.12 bits per heavy atom. The van der Waals surface area contributed by atoms with E-state index >= 15 is 0 Å². The Morgan fingerprint density at radius 1 is 1.41 bits per heavy atom. The monoisotopic (exact) mass is 242 g/mol. The molecule has 0 saturated carbocycles. The molecule has 1 aliphatic heterocycles. The van der Waals surface area contributed by atoms with Gasteiger partial charge in [0.1, 0.15) is 6.04 Å². The van der Waals surface area contributed by atoms with Crippen molar-refractivity contribution >= 4 is 17.8 Å². The average molecular weight is 242 g/mol. The number of amides is 2. The number of carbonyl (C=O) groups excluding carboxylic acids is 2. The van der Waals surface area contributed by atoms with Gasteiger partial charge in [0.25, 0.3) is 0 Å². The molecule has 1 heterocycles. The number of carbonyl (C=O) groups is 3. The average Bonchev–Trinajstić information content (AvgIpc) is 2.44. The van der Waals surface area contributed by atoms with Crippen LogP contribution in [0, 0.1) is 0 Å². The molecule has 1 rings (SSSR count). The summed E-state index contributed by atoms with van der Waals surface area (Å²) in [5.41, 5.74) is 0. The maximum absolute atomic E-state index is 11.6. The van der Waals surface area contributed by atoms with Gasteiger partial charge >= 0.3 is 5.97 Å². The molecule has 0 aromatic heterocycles. The van der Waals surface area contributed by atoms with Crippen molar-refractivity contribution in [1.29, 1.82) is 0 Å². The first-order valence-electron chi connectivity index (χ1n) is 5.80. The van der Waals surface area contributed by atoms with Crippen molar-refractivity contribution < 1.29 is 19.5 Å². The van der Waals surface area contributed by atoms with Gasteiger partial charge in [0.05, 0.1) is 6.54 Å². The van der Waals surface area contributed by atoms with E-state index in [1.807, 2.05) is 0 Å². The highest BCUT2D eigenvalue weighted by molar-refractivity contribution is 5.87. The van der Waals surface area contributed by atoms with Crippen LogP contribution in [-0.2, 0) is 14.4 Å². The summed E-state index contributed by atoms with van der Waals surface area (Å²) in [5.74, 6) is -1.53. The summed E-state index contributed by atoms with van der Waals surface area (Å²) < 4.78 is 0. The Labute approximate surface area is 100.0 Å².